The van der Waals surface area contributed by atoms with Crippen LogP contribution in [0.5, 0.6) is 0 Å². The van der Waals surface area contributed by atoms with Crippen molar-refractivity contribution in [2.75, 3.05) is 4.72 Å². The van der Waals surface area contributed by atoms with Crippen molar-refractivity contribution in [2.24, 2.45) is 11.8 Å². The molecule has 28 heavy (non-hydrogen) atoms. The zero-order valence-corrected chi connectivity index (χ0v) is 17.3. The minimum Gasteiger partial charge on any atom is -0.280 e. The number of hydrogen-bond acceptors (Lipinski definition) is 2. The fourth-order valence-corrected chi connectivity index (χ4v) is 5.39. The Morgan fingerprint density at radius 2 is 1.75 bits per heavy atom. The van der Waals surface area contributed by atoms with E-state index in [1.165, 1.54) is 24.0 Å². The number of aryl methyl sites for hydroxylation is 1. The lowest BCUT2D eigenvalue weighted by molar-refractivity contribution is 0.370. The number of sulfonamides is 1. The van der Waals surface area contributed by atoms with E-state index >= 15 is 0 Å². The molecule has 3 aromatic carbocycles. The molecule has 0 fully saturated rings. The SMILES string of the molecule is CC(C)CC1CCc2cc(NS(=O)(=O)c3ccc4ccccc4c3)ccc2C1. The molecule has 0 saturated heterocycles. The Balaban J connectivity index is 1.55. The molecule has 1 unspecified atom stereocenters. The number of benzene rings is 3. The number of hydrogen-bond donors (Lipinski definition) is 1. The van der Waals surface area contributed by atoms with Gasteiger partial charge in [-0.15, -0.1) is 0 Å². The quantitative estimate of drug-likeness (QED) is 0.596. The Kier molecular flexibility index (Phi) is 5.15. The van der Waals surface area contributed by atoms with Crippen molar-refractivity contribution in [3.05, 3.63) is 71.8 Å². The lowest BCUT2D eigenvalue weighted by Gasteiger charge is -2.26. The summed E-state index contributed by atoms with van der Waals surface area (Å²) in [5.74, 6) is 1.47. The molecule has 3 aromatic rings. The summed E-state index contributed by atoms with van der Waals surface area (Å²) in [5.41, 5.74) is 3.29. The van der Waals surface area contributed by atoms with Gasteiger partial charge in [0.05, 0.1) is 4.90 Å². The smallest absolute Gasteiger partial charge is 0.261 e. The zero-order chi connectivity index (χ0) is 19.7. The largest absolute Gasteiger partial charge is 0.280 e. The maximum absolute atomic E-state index is 12.9. The Morgan fingerprint density at radius 1 is 0.964 bits per heavy atom. The molecule has 0 saturated carbocycles. The van der Waals surface area contributed by atoms with Crippen LogP contribution < -0.4 is 4.72 Å². The molecule has 0 amide bonds. The van der Waals surface area contributed by atoms with Crippen LogP contribution in [0, 0.1) is 11.8 Å². The van der Waals surface area contributed by atoms with Crippen LogP contribution >= 0.6 is 0 Å². The molecule has 1 atom stereocenters. The normalized spacial score (nSPS) is 16.9. The molecule has 0 aliphatic heterocycles. The molecule has 146 valence electrons. The summed E-state index contributed by atoms with van der Waals surface area (Å²) in [6, 6.07) is 19.0. The highest BCUT2D eigenvalue weighted by Crippen LogP contribution is 2.32. The molecule has 1 aliphatic carbocycles. The molecular weight excluding hydrogens is 366 g/mol. The van der Waals surface area contributed by atoms with Gasteiger partial charge in [-0.3, -0.25) is 4.72 Å². The monoisotopic (exact) mass is 393 g/mol. The van der Waals surface area contributed by atoms with Crippen LogP contribution in [-0.4, -0.2) is 8.42 Å². The maximum Gasteiger partial charge on any atom is 0.261 e. The summed E-state index contributed by atoms with van der Waals surface area (Å²) in [4.78, 5) is 0.293. The van der Waals surface area contributed by atoms with Crippen LogP contribution in [0.2, 0.25) is 0 Å². The Labute approximate surface area is 167 Å². The first kappa shape index (κ1) is 19.0. The van der Waals surface area contributed by atoms with Crippen molar-refractivity contribution in [1.29, 1.82) is 0 Å². The van der Waals surface area contributed by atoms with Gasteiger partial charge in [0.25, 0.3) is 10.0 Å². The van der Waals surface area contributed by atoms with E-state index in [0.29, 0.717) is 10.6 Å². The highest BCUT2D eigenvalue weighted by atomic mass is 32.2. The fraction of sp³-hybridized carbons (Fsp3) is 0.333. The van der Waals surface area contributed by atoms with E-state index in [1.54, 1.807) is 12.1 Å². The summed E-state index contributed by atoms with van der Waals surface area (Å²) in [6.45, 7) is 4.56. The van der Waals surface area contributed by atoms with Crippen LogP contribution in [0.1, 0.15) is 37.8 Å². The van der Waals surface area contributed by atoms with Crippen molar-refractivity contribution >= 4 is 26.5 Å². The van der Waals surface area contributed by atoms with Gasteiger partial charge in [-0.2, -0.15) is 0 Å². The van der Waals surface area contributed by atoms with Crippen molar-refractivity contribution in [3.63, 3.8) is 0 Å². The standard InChI is InChI=1S/C24H27NO2S/c1-17(2)13-18-7-8-22-15-23(11-9-21(22)14-18)25-28(26,27)24-12-10-19-5-3-4-6-20(19)16-24/h3-6,9-12,15-18,25H,7-8,13-14H2,1-2H3. The van der Waals surface area contributed by atoms with Gasteiger partial charge in [0.15, 0.2) is 0 Å². The van der Waals surface area contributed by atoms with Gasteiger partial charge in [-0.1, -0.05) is 50.2 Å². The zero-order valence-electron chi connectivity index (χ0n) is 16.5. The van der Waals surface area contributed by atoms with Crippen LogP contribution in [-0.2, 0) is 22.9 Å². The van der Waals surface area contributed by atoms with E-state index in [2.05, 4.69) is 24.6 Å². The van der Waals surface area contributed by atoms with Crippen LogP contribution in [0.4, 0.5) is 5.69 Å². The predicted octanol–water partition coefficient (Wildman–Crippen LogP) is 5.79. The van der Waals surface area contributed by atoms with Crippen molar-refractivity contribution in [1.82, 2.24) is 0 Å². The first-order valence-corrected chi connectivity index (χ1v) is 11.5. The molecule has 1 aliphatic rings. The van der Waals surface area contributed by atoms with Gasteiger partial charge in [0, 0.05) is 5.69 Å². The topological polar surface area (TPSA) is 46.2 Å². The molecule has 1 N–H and O–H groups in total. The van der Waals surface area contributed by atoms with E-state index in [4.69, 9.17) is 0 Å². The number of nitrogens with one attached hydrogen (secondary N) is 1. The summed E-state index contributed by atoms with van der Waals surface area (Å²) in [7, 11) is -3.61. The first-order valence-electron chi connectivity index (χ1n) is 10.0. The van der Waals surface area contributed by atoms with Crippen molar-refractivity contribution in [3.8, 4) is 0 Å². The van der Waals surface area contributed by atoms with Gasteiger partial charge >= 0.3 is 0 Å². The van der Waals surface area contributed by atoms with Gasteiger partial charge in [0.2, 0.25) is 0 Å². The van der Waals surface area contributed by atoms with Crippen LogP contribution in [0.15, 0.2) is 65.6 Å². The molecule has 0 aromatic heterocycles. The summed E-state index contributed by atoms with van der Waals surface area (Å²) < 4.78 is 28.5. The summed E-state index contributed by atoms with van der Waals surface area (Å²) in [6.07, 6.45) is 4.57. The lowest BCUT2D eigenvalue weighted by atomic mass is 9.80. The Morgan fingerprint density at radius 3 is 2.54 bits per heavy atom. The van der Waals surface area contributed by atoms with Crippen LogP contribution in [0.3, 0.4) is 0 Å². The minimum absolute atomic E-state index is 0.293. The fourth-order valence-electron chi connectivity index (χ4n) is 4.31. The van der Waals surface area contributed by atoms with E-state index < -0.39 is 10.0 Å². The van der Waals surface area contributed by atoms with Crippen molar-refractivity contribution < 1.29 is 8.42 Å². The van der Waals surface area contributed by atoms with Gasteiger partial charge in [-0.25, -0.2) is 8.42 Å². The molecule has 4 rings (SSSR count). The molecule has 0 bridgehead atoms. The molecule has 0 heterocycles. The second kappa shape index (κ2) is 7.59. The van der Waals surface area contributed by atoms with Crippen molar-refractivity contribution in [2.45, 2.75) is 44.4 Å². The maximum atomic E-state index is 12.9. The van der Waals surface area contributed by atoms with Crippen LogP contribution in [0.25, 0.3) is 10.8 Å². The van der Waals surface area contributed by atoms with Gasteiger partial charge in [-0.05, 0) is 83.7 Å². The second-order valence-corrected chi connectivity index (χ2v) is 10.0. The summed E-state index contributed by atoms with van der Waals surface area (Å²) >= 11 is 0. The first-order chi connectivity index (χ1) is 13.4. The predicted molar refractivity (Wildman–Crippen MR) is 116 cm³/mol. The third kappa shape index (κ3) is 4.07. The lowest BCUT2D eigenvalue weighted by Crippen LogP contribution is -2.17. The third-order valence-corrected chi connectivity index (χ3v) is 7.00. The number of fused-ring (bicyclic) bond motifs is 2. The molecule has 0 radical (unpaired) electrons. The highest BCUT2D eigenvalue weighted by Gasteiger charge is 2.21. The van der Waals surface area contributed by atoms with E-state index in [-0.39, 0.29) is 0 Å². The average Bonchev–Trinajstić information content (AvgIpc) is 2.67. The molecule has 0 spiro atoms. The number of rotatable bonds is 5. The number of anilines is 1. The van der Waals surface area contributed by atoms with Gasteiger partial charge < -0.3 is 0 Å². The average molecular weight is 394 g/mol. The Bertz CT molecular complexity index is 1100. The van der Waals surface area contributed by atoms with Gasteiger partial charge in [0.1, 0.15) is 0 Å². The highest BCUT2D eigenvalue weighted by molar-refractivity contribution is 7.92. The minimum atomic E-state index is -3.61. The third-order valence-electron chi connectivity index (χ3n) is 5.62. The van der Waals surface area contributed by atoms with E-state index in [0.717, 1.165) is 35.4 Å². The molecule has 3 nitrogen and oxygen atoms in total. The van der Waals surface area contributed by atoms with E-state index in [9.17, 15) is 8.42 Å². The van der Waals surface area contributed by atoms with E-state index in [1.807, 2.05) is 42.5 Å². The summed E-state index contributed by atoms with van der Waals surface area (Å²) in [5, 5.41) is 1.96. The second-order valence-electron chi connectivity index (χ2n) is 8.34. The molecule has 4 heteroatoms. The molecular formula is C24H27NO2S. The Hall–Kier alpha value is -2.33.